The summed E-state index contributed by atoms with van der Waals surface area (Å²) in [6.07, 6.45) is 9.64. The Morgan fingerprint density at radius 2 is 2.08 bits per heavy atom. The molecular formula is C17H23N5OS. The molecule has 1 amide bonds. The average Bonchev–Trinajstić information content (AvgIpc) is 3.05. The van der Waals surface area contributed by atoms with Gasteiger partial charge in [0.1, 0.15) is 5.82 Å². The number of likely N-dealkylation sites (N-methyl/N-ethyl adjacent to an activating group) is 1. The van der Waals surface area contributed by atoms with Crippen LogP contribution in [0.2, 0.25) is 0 Å². The van der Waals surface area contributed by atoms with Crippen LogP contribution in [0.25, 0.3) is 0 Å². The van der Waals surface area contributed by atoms with E-state index in [-0.39, 0.29) is 11.8 Å². The number of piperidine rings is 1. The zero-order valence-corrected chi connectivity index (χ0v) is 15.0. The summed E-state index contributed by atoms with van der Waals surface area (Å²) in [5.41, 5.74) is 0. The van der Waals surface area contributed by atoms with E-state index in [1.54, 1.807) is 29.9 Å². The molecule has 0 N–H and O–H groups in total. The molecule has 7 heteroatoms. The highest BCUT2D eigenvalue weighted by Gasteiger charge is 2.27. The van der Waals surface area contributed by atoms with E-state index in [1.807, 2.05) is 18.1 Å². The third kappa shape index (κ3) is 4.08. The van der Waals surface area contributed by atoms with Gasteiger partial charge in [0.05, 0.1) is 11.2 Å². The molecule has 2 aromatic heterocycles. The normalized spacial score (nSPS) is 15.5. The second-order valence-corrected chi connectivity index (χ2v) is 7.52. The molecule has 0 radical (unpaired) electrons. The van der Waals surface area contributed by atoms with Crippen LogP contribution in [0.4, 0.5) is 5.82 Å². The van der Waals surface area contributed by atoms with E-state index in [4.69, 9.17) is 0 Å². The molecule has 0 bridgehead atoms. The number of hydrogen-bond donors (Lipinski definition) is 0. The average molecular weight is 345 g/mol. The van der Waals surface area contributed by atoms with Crippen molar-refractivity contribution >= 4 is 23.1 Å². The molecule has 0 spiro atoms. The lowest BCUT2D eigenvalue weighted by Gasteiger charge is -2.33. The van der Waals surface area contributed by atoms with Crippen LogP contribution < -0.4 is 4.90 Å². The molecule has 3 heterocycles. The molecule has 1 aliphatic rings. The Morgan fingerprint density at radius 3 is 2.71 bits per heavy atom. The van der Waals surface area contributed by atoms with Crippen LogP contribution in [0.1, 0.15) is 22.7 Å². The van der Waals surface area contributed by atoms with Gasteiger partial charge in [-0.3, -0.25) is 9.78 Å². The minimum absolute atomic E-state index is 0.112. The van der Waals surface area contributed by atoms with Gasteiger partial charge in [0.2, 0.25) is 5.91 Å². The molecular weight excluding hydrogens is 322 g/mol. The zero-order valence-electron chi connectivity index (χ0n) is 14.2. The molecule has 0 saturated carbocycles. The summed E-state index contributed by atoms with van der Waals surface area (Å²) in [6, 6.07) is 0. The molecule has 2 aromatic rings. The van der Waals surface area contributed by atoms with E-state index >= 15 is 0 Å². The fourth-order valence-electron chi connectivity index (χ4n) is 3.01. The van der Waals surface area contributed by atoms with Gasteiger partial charge in [-0.25, -0.2) is 9.97 Å². The van der Waals surface area contributed by atoms with Crippen molar-refractivity contribution in [1.29, 1.82) is 0 Å². The van der Waals surface area contributed by atoms with Crippen molar-refractivity contribution in [2.45, 2.75) is 26.2 Å². The first-order valence-corrected chi connectivity index (χ1v) is 9.12. The number of hydrogen-bond acceptors (Lipinski definition) is 6. The molecule has 1 aliphatic heterocycles. The molecule has 1 fully saturated rings. The van der Waals surface area contributed by atoms with Gasteiger partial charge in [-0.15, -0.1) is 11.3 Å². The fourth-order valence-corrected chi connectivity index (χ4v) is 3.79. The molecule has 3 rings (SSSR count). The highest BCUT2D eigenvalue weighted by molar-refractivity contribution is 7.11. The topological polar surface area (TPSA) is 62.2 Å². The maximum absolute atomic E-state index is 12.6. The quantitative estimate of drug-likeness (QED) is 0.831. The number of carbonyl (C=O) groups is 1. The maximum Gasteiger partial charge on any atom is 0.225 e. The number of carbonyl (C=O) groups excluding carboxylic acids is 1. The summed E-state index contributed by atoms with van der Waals surface area (Å²) in [5.74, 6) is 1.26. The number of aromatic nitrogens is 3. The second-order valence-electron chi connectivity index (χ2n) is 6.20. The van der Waals surface area contributed by atoms with Gasteiger partial charge in [-0.1, -0.05) is 0 Å². The Hall–Kier alpha value is -2.02. The van der Waals surface area contributed by atoms with E-state index in [9.17, 15) is 4.79 Å². The first kappa shape index (κ1) is 16.8. The van der Waals surface area contributed by atoms with Crippen LogP contribution in [-0.4, -0.2) is 52.4 Å². The van der Waals surface area contributed by atoms with Gasteiger partial charge in [0.25, 0.3) is 0 Å². The van der Waals surface area contributed by atoms with Gasteiger partial charge >= 0.3 is 0 Å². The lowest BCUT2D eigenvalue weighted by atomic mass is 9.95. The second kappa shape index (κ2) is 7.70. The van der Waals surface area contributed by atoms with Gasteiger partial charge in [-0.2, -0.15) is 0 Å². The Labute approximate surface area is 146 Å². The minimum atomic E-state index is 0.112. The van der Waals surface area contributed by atoms with Gasteiger partial charge in [0, 0.05) is 62.5 Å². The SMILES string of the molecule is Cc1cnc(CCN(C)C(=O)C2CCN(c3cnccn3)CC2)s1. The Bertz CT molecular complexity index is 667. The summed E-state index contributed by atoms with van der Waals surface area (Å²) in [6.45, 7) is 4.50. The summed E-state index contributed by atoms with van der Waals surface area (Å²) in [5, 5.41) is 1.10. The predicted octanol–water partition coefficient (Wildman–Crippen LogP) is 2.16. The number of amides is 1. The molecule has 6 nitrogen and oxygen atoms in total. The monoisotopic (exact) mass is 345 g/mol. The van der Waals surface area contributed by atoms with E-state index in [1.165, 1.54) is 4.88 Å². The van der Waals surface area contributed by atoms with E-state index in [2.05, 4.69) is 26.8 Å². The third-order valence-corrected chi connectivity index (χ3v) is 5.40. The largest absolute Gasteiger partial charge is 0.355 e. The van der Waals surface area contributed by atoms with Crippen molar-refractivity contribution < 1.29 is 4.79 Å². The van der Waals surface area contributed by atoms with Crippen LogP contribution in [0, 0.1) is 12.8 Å². The van der Waals surface area contributed by atoms with E-state index < -0.39 is 0 Å². The summed E-state index contributed by atoms with van der Waals surface area (Å²) >= 11 is 1.71. The number of rotatable bonds is 5. The van der Waals surface area contributed by atoms with E-state index in [0.717, 1.165) is 49.7 Å². The number of thiazole rings is 1. The van der Waals surface area contributed by atoms with Gasteiger partial charge in [-0.05, 0) is 19.8 Å². The number of anilines is 1. The molecule has 0 unspecified atom stereocenters. The van der Waals surface area contributed by atoms with Crippen molar-refractivity contribution in [3.8, 4) is 0 Å². The minimum Gasteiger partial charge on any atom is -0.355 e. The van der Waals surface area contributed by atoms with E-state index in [0.29, 0.717) is 0 Å². The van der Waals surface area contributed by atoms with Crippen LogP contribution in [0.3, 0.4) is 0 Å². The molecule has 0 aliphatic carbocycles. The first-order valence-electron chi connectivity index (χ1n) is 8.30. The highest BCUT2D eigenvalue weighted by atomic mass is 32.1. The molecule has 1 saturated heterocycles. The first-order chi connectivity index (χ1) is 11.6. The van der Waals surface area contributed by atoms with Crippen molar-refractivity contribution in [1.82, 2.24) is 19.9 Å². The summed E-state index contributed by atoms with van der Waals surface area (Å²) in [4.78, 5) is 30.7. The van der Waals surface area contributed by atoms with Crippen molar-refractivity contribution in [3.05, 3.63) is 34.7 Å². The van der Waals surface area contributed by atoms with Crippen molar-refractivity contribution in [3.63, 3.8) is 0 Å². The van der Waals surface area contributed by atoms with Gasteiger partial charge < -0.3 is 9.80 Å². The van der Waals surface area contributed by atoms with Gasteiger partial charge in [0.15, 0.2) is 0 Å². The summed E-state index contributed by atoms with van der Waals surface area (Å²) < 4.78 is 0. The van der Waals surface area contributed by atoms with Crippen molar-refractivity contribution in [2.24, 2.45) is 5.92 Å². The van der Waals surface area contributed by atoms with Crippen LogP contribution in [0.15, 0.2) is 24.8 Å². The standard InChI is InChI=1S/C17H23N5OS/c1-13-11-20-16(24-13)5-8-21(2)17(23)14-3-9-22(10-4-14)15-12-18-6-7-19-15/h6-7,11-12,14H,3-5,8-10H2,1-2H3. The Morgan fingerprint density at radius 1 is 1.29 bits per heavy atom. The highest BCUT2D eigenvalue weighted by Crippen LogP contribution is 2.22. The Balaban J connectivity index is 1.47. The third-order valence-electron chi connectivity index (χ3n) is 4.42. The van der Waals surface area contributed by atoms with Crippen LogP contribution in [-0.2, 0) is 11.2 Å². The molecule has 24 heavy (non-hydrogen) atoms. The lowest BCUT2D eigenvalue weighted by molar-refractivity contribution is -0.134. The Kier molecular flexibility index (Phi) is 5.40. The molecule has 0 aromatic carbocycles. The fraction of sp³-hybridized carbons (Fsp3) is 0.529. The van der Waals surface area contributed by atoms with Crippen molar-refractivity contribution in [2.75, 3.05) is 31.6 Å². The predicted molar refractivity (Wildman–Crippen MR) is 95.2 cm³/mol. The molecule has 0 atom stereocenters. The molecule has 128 valence electrons. The maximum atomic E-state index is 12.6. The number of aryl methyl sites for hydroxylation is 1. The zero-order chi connectivity index (χ0) is 16.9. The smallest absolute Gasteiger partial charge is 0.225 e. The van der Waals surface area contributed by atoms with Crippen LogP contribution in [0.5, 0.6) is 0 Å². The summed E-state index contributed by atoms with van der Waals surface area (Å²) in [7, 11) is 1.90. The lowest BCUT2D eigenvalue weighted by Crippen LogP contribution is -2.42. The van der Waals surface area contributed by atoms with Crippen LogP contribution >= 0.6 is 11.3 Å². The number of nitrogens with zero attached hydrogens (tertiary/aromatic N) is 5.